The van der Waals surface area contributed by atoms with Gasteiger partial charge < -0.3 is 9.84 Å². The predicted molar refractivity (Wildman–Crippen MR) is 98.6 cm³/mol. The Hall–Kier alpha value is -1.89. The van der Waals surface area contributed by atoms with Gasteiger partial charge in [0, 0.05) is 12.5 Å². The second kappa shape index (κ2) is 6.68. The van der Waals surface area contributed by atoms with Gasteiger partial charge in [-0.05, 0) is 60.6 Å². The zero-order chi connectivity index (χ0) is 18.3. The van der Waals surface area contributed by atoms with Crippen molar-refractivity contribution in [2.24, 2.45) is 5.92 Å². The van der Waals surface area contributed by atoms with Gasteiger partial charge >= 0.3 is 0 Å². The second-order valence-electron chi connectivity index (χ2n) is 7.27. The number of aryl methyl sites for hydroxylation is 1. The molecule has 0 bridgehead atoms. The lowest BCUT2D eigenvalue weighted by atomic mass is 9.75. The van der Waals surface area contributed by atoms with Crippen LogP contribution in [0.2, 0.25) is 0 Å². The Balaban J connectivity index is 1.66. The van der Waals surface area contributed by atoms with Gasteiger partial charge in [0.15, 0.2) is 0 Å². The Labute approximate surface area is 154 Å². The van der Waals surface area contributed by atoms with E-state index in [4.69, 9.17) is 4.74 Å². The lowest BCUT2D eigenvalue weighted by Gasteiger charge is -2.38. The number of hydrogen-bond acceptors (Lipinski definition) is 4. The van der Waals surface area contributed by atoms with Crippen LogP contribution in [0.5, 0.6) is 5.75 Å². The first-order valence-electron chi connectivity index (χ1n) is 8.95. The number of hydrogen-bond donors (Lipinski definition) is 2. The summed E-state index contributed by atoms with van der Waals surface area (Å²) in [5.74, 6) is 0.965. The van der Waals surface area contributed by atoms with Crippen LogP contribution in [0.1, 0.15) is 35.6 Å². The third kappa shape index (κ3) is 3.37. The fourth-order valence-corrected chi connectivity index (χ4v) is 5.15. The van der Waals surface area contributed by atoms with E-state index in [0.717, 1.165) is 28.9 Å². The molecular formula is C20H23NO4S. The van der Waals surface area contributed by atoms with E-state index in [9.17, 15) is 13.5 Å². The summed E-state index contributed by atoms with van der Waals surface area (Å²) in [6.07, 6.45) is 1.71. The molecule has 0 spiro atoms. The van der Waals surface area contributed by atoms with Gasteiger partial charge in [0.25, 0.3) is 0 Å². The molecule has 0 saturated heterocycles. The fourth-order valence-electron chi connectivity index (χ4n) is 3.76. The van der Waals surface area contributed by atoms with Crippen molar-refractivity contribution in [3.63, 3.8) is 0 Å². The molecule has 0 aromatic heterocycles. The molecule has 1 fully saturated rings. The fraction of sp³-hybridized carbons (Fsp3) is 0.400. The van der Waals surface area contributed by atoms with Gasteiger partial charge in [-0.1, -0.05) is 24.3 Å². The van der Waals surface area contributed by atoms with Gasteiger partial charge in [-0.25, -0.2) is 13.1 Å². The maximum Gasteiger partial charge on any atom is 0.241 e. The maximum absolute atomic E-state index is 12.9. The van der Waals surface area contributed by atoms with Crippen LogP contribution in [-0.2, 0) is 16.4 Å². The van der Waals surface area contributed by atoms with E-state index in [1.165, 1.54) is 0 Å². The van der Waals surface area contributed by atoms with E-state index >= 15 is 0 Å². The Kier molecular flexibility index (Phi) is 4.50. The number of sulfonamides is 1. The lowest BCUT2D eigenvalue weighted by Crippen LogP contribution is -2.41. The molecule has 1 aliphatic carbocycles. The molecule has 2 aliphatic rings. The molecular weight excluding hydrogens is 350 g/mol. The van der Waals surface area contributed by atoms with Crippen LogP contribution in [0, 0.1) is 12.8 Å². The maximum atomic E-state index is 12.9. The second-order valence-corrected chi connectivity index (χ2v) is 8.98. The Morgan fingerprint density at radius 1 is 1.19 bits per heavy atom. The zero-order valence-electron chi connectivity index (χ0n) is 14.7. The molecule has 4 rings (SSSR count). The lowest BCUT2D eigenvalue weighted by molar-refractivity contribution is 0.0280. The van der Waals surface area contributed by atoms with Crippen molar-refractivity contribution in [1.29, 1.82) is 0 Å². The first-order valence-corrected chi connectivity index (χ1v) is 10.4. The third-order valence-electron chi connectivity index (χ3n) is 5.28. The van der Waals surface area contributed by atoms with Crippen molar-refractivity contribution in [1.82, 2.24) is 4.72 Å². The van der Waals surface area contributed by atoms with E-state index in [0.29, 0.717) is 19.4 Å². The minimum Gasteiger partial charge on any atom is -0.493 e. The van der Waals surface area contributed by atoms with Gasteiger partial charge in [0.05, 0.1) is 17.6 Å². The summed E-state index contributed by atoms with van der Waals surface area (Å²) in [5, 5.41) is 9.72. The monoisotopic (exact) mass is 373 g/mol. The Bertz CT molecular complexity index is 919. The van der Waals surface area contributed by atoms with Gasteiger partial charge in [0.2, 0.25) is 10.0 Å². The number of ether oxygens (including phenoxy) is 1. The number of nitrogens with one attached hydrogen (secondary N) is 1. The first kappa shape index (κ1) is 17.5. The summed E-state index contributed by atoms with van der Waals surface area (Å²) >= 11 is 0. The van der Waals surface area contributed by atoms with Crippen LogP contribution in [0.25, 0.3) is 0 Å². The molecule has 26 heavy (non-hydrogen) atoms. The average Bonchev–Trinajstić information content (AvgIpc) is 3.05. The van der Waals surface area contributed by atoms with Crippen molar-refractivity contribution in [3.8, 4) is 5.75 Å². The molecule has 1 aliphatic heterocycles. The van der Waals surface area contributed by atoms with Gasteiger partial charge in [-0.15, -0.1) is 0 Å². The highest BCUT2D eigenvalue weighted by Crippen LogP contribution is 2.40. The highest BCUT2D eigenvalue weighted by atomic mass is 32.2. The van der Waals surface area contributed by atoms with Crippen LogP contribution in [0.4, 0.5) is 0 Å². The summed E-state index contributed by atoms with van der Waals surface area (Å²) in [6.45, 7) is 2.54. The third-order valence-corrected chi connectivity index (χ3v) is 6.71. The molecule has 2 N–H and O–H groups in total. The first-order chi connectivity index (χ1) is 12.4. The predicted octanol–water partition coefficient (Wildman–Crippen LogP) is 2.72. The summed E-state index contributed by atoms with van der Waals surface area (Å²) in [4.78, 5) is 0.270. The number of rotatable bonds is 5. The molecule has 2 aromatic rings. The molecule has 0 amide bonds. The van der Waals surface area contributed by atoms with E-state index in [1.807, 2.05) is 31.2 Å². The molecule has 138 valence electrons. The molecule has 1 atom stereocenters. The van der Waals surface area contributed by atoms with Crippen molar-refractivity contribution >= 4 is 10.0 Å². The van der Waals surface area contributed by atoms with Crippen molar-refractivity contribution in [2.45, 2.75) is 43.2 Å². The molecule has 2 aromatic carbocycles. The van der Waals surface area contributed by atoms with E-state index in [2.05, 4.69) is 4.72 Å². The Morgan fingerprint density at radius 3 is 2.73 bits per heavy atom. The standard InChI is InChI=1S/C20H23NO4S/c1-13-3-2-4-18(9-13)26(23,24)21-20(16-11-17(22)12-16)15-5-6-19-14(10-15)7-8-25-19/h2-6,9-10,16-17,20-22H,7-8,11-12H2,1H3. The number of aliphatic hydroxyl groups excluding tert-OH is 1. The summed E-state index contributed by atoms with van der Waals surface area (Å²) in [7, 11) is -3.65. The highest BCUT2D eigenvalue weighted by molar-refractivity contribution is 7.89. The quantitative estimate of drug-likeness (QED) is 0.845. The molecule has 1 heterocycles. The smallest absolute Gasteiger partial charge is 0.241 e. The summed E-state index contributed by atoms with van der Waals surface area (Å²) < 4.78 is 34.3. The topological polar surface area (TPSA) is 75.6 Å². The van der Waals surface area contributed by atoms with Crippen LogP contribution in [0.15, 0.2) is 47.4 Å². The number of fused-ring (bicyclic) bond motifs is 1. The van der Waals surface area contributed by atoms with E-state index in [1.54, 1.807) is 18.2 Å². The number of aliphatic hydroxyl groups is 1. The van der Waals surface area contributed by atoms with Gasteiger partial charge in [-0.2, -0.15) is 0 Å². The van der Waals surface area contributed by atoms with Gasteiger partial charge in [0.1, 0.15) is 5.75 Å². The van der Waals surface area contributed by atoms with Crippen molar-refractivity contribution < 1.29 is 18.3 Å². The largest absolute Gasteiger partial charge is 0.493 e. The zero-order valence-corrected chi connectivity index (χ0v) is 15.5. The van der Waals surface area contributed by atoms with Gasteiger partial charge in [-0.3, -0.25) is 0 Å². The van der Waals surface area contributed by atoms with Crippen LogP contribution >= 0.6 is 0 Å². The Morgan fingerprint density at radius 2 is 2.00 bits per heavy atom. The molecule has 0 radical (unpaired) electrons. The molecule has 1 saturated carbocycles. The molecule has 6 heteroatoms. The summed E-state index contributed by atoms with van der Waals surface area (Å²) in [6, 6.07) is 12.4. The summed E-state index contributed by atoms with van der Waals surface area (Å²) in [5.41, 5.74) is 2.95. The normalized spacial score (nSPS) is 23.0. The highest BCUT2D eigenvalue weighted by Gasteiger charge is 2.37. The number of benzene rings is 2. The van der Waals surface area contributed by atoms with Crippen molar-refractivity contribution in [2.75, 3.05) is 6.61 Å². The molecule has 1 unspecified atom stereocenters. The molecule has 5 nitrogen and oxygen atoms in total. The van der Waals surface area contributed by atoms with E-state index < -0.39 is 10.0 Å². The van der Waals surface area contributed by atoms with Crippen LogP contribution < -0.4 is 9.46 Å². The minimum absolute atomic E-state index is 0.0879. The average molecular weight is 373 g/mol. The minimum atomic E-state index is -3.65. The SMILES string of the molecule is Cc1cccc(S(=O)(=O)NC(c2ccc3c(c2)CCO3)C2CC(O)C2)c1. The van der Waals surface area contributed by atoms with Crippen molar-refractivity contribution in [3.05, 3.63) is 59.2 Å². The van der Waals surface area contributed by atoms with E-state index in [-0.39, 0.29) is 23.0 Å². The van der Waals surface area contributed by atoms with Crippen LogP contribution in [-0.4, -0.2) is 26.2 Å². The van der Waals surface area contributed by atoms with Crippen LogP contribution in [0.3, 0.4) is 0 Å².